The number of benzene rings is 1. The Hall–Kier alpha value is -0.900. The van der Waals surface area contributed by atoms with Crippen LogP contribution in [0.25, 0.3) is 0 Å². The van der Waals surface area contributed by atoms with Gasteiger partial charge in [0.2, 0.25) is 0 Å². The Morgan fingerprint density at radius 2 is 2.00 bits per heavy atom. The highest BCUT2D eigenvalue weighted by Gasteiger charge is 2.10. The topological polar surface area (TPSA) is 32.7 Å². The van der Waals surface area contributed by atoms with Crippen molar-refractivity contribution in [3.63, 3.8) is 0 Å². The number of ether oxygens (including phenoxy) is 1. The molecule has 0 aliphatic rings. The van der Waals surface area contributed by atoms with Crippen LogP contribution in [-0.2, 0) is 11.3 Å². The minimum atomic E-state index is -0.409. The molecule has 0 fully saturated rings. The third-order valence-corrected chi connectivity index (χ3v) is 2.52. The SMILES string of the molecule is CCN(Cc1ccccc1)CC(O)COC. The zero-order chi connectivity index (χ0) is 11.8. The third kappa shape index (κ3) is 4.75. The molecule has 0 aliphatic carbocycles. The van der Waals surface area contributed by atoms with E-state index in [2.05, 4.69) is 24.0 Å². The summed E-state index contributed by atoms with van der Waals surface area (Å²) < 4.78 is 4.92. The molecule has 0 saturated heterocycles. The van der Waals surface area contributed by atoms with E-state index in [-0.39, 0.29) is 0 Å². The number of likely N-dealkylation sites (N-methyl/N-ethyl adjacent to an activating group) is 1. The fraction of sp³-hybridized carbons (Fsp3) is 0.538. The van der Waals surface area contributed by atoms with Gasteiger partial charge in [0.05, 0.1) is 12.7 Å². The van der Waals surface area contributed by atoms with Crippen LogP contribution in [0.3, 0.4) is 0 Å². The van der Waals surface area contributed by atoms with Crippen molar-refractivity contribution in [1.29, 1.82) is 0 Å². The lowest BCUT2D eigenvalue weighted by Crippen LogP contribution is -2.34. The molecule has 0 amide bonds. The molecule has 0 saturated carbocycles. The van der Waals surface area contributed by atoms with Gasteiger partial charge in [-0.25, -0.2) is 0 Å². The monoisotopic (exact) mass is 223 g/mol. The second-order valence-corrected chi connectivity index (χ2v) is 3.92. The van der Waals surface area contributed by atoms with Crippen molar-refractivity contribution in [2.24, 2.45) is 0 Å². The van der Waals surface area contributed by atoms with Gasteiger partial charge in [-0.2, -0.15) is 0 Å². The Morgan fingerprint density at radius 3 is 2.56 bits per heavy atom. The van der Waals surface area contributed by atoms with Crippen molar-refractivity contribution < 1.29 is 9.84 Å². The Labute approximate surface area is 97.7 Å². The zero-order valence-electron chi connectivity index (χ0n) is 10.1. The smallest absolute Gasteiger partial charge is 0.0900 e. The number of hydrogen-bond acceptors (Lipinski definition) is 3. The maximum atomic E-state index is 9.66. The summed E-state index contributed by atoms with van der Waals surface area (Å²) in [6.07, 6.45) is -0.409. The maximum Gasteiger partial charge on any atom is 0.0900 e. The highest BCUT2D eigenvalue weighted by molar-refractivity contribution is 5.14. The van der Waals surface area contributed by atoms with Crippen molar-refractivity contribution in [3.8, 4) is 0 Å². The normalized spacial score (nSPS) is 13.0. The molecule has 3 nitrogen and oxygen atoms in total. The van der Waals surface area contributed by atoms with E-state index in [1.54, 1.807) is 7.11 Å². The van der Waals surface area contributed by atoms with Crippen LogP contribution in [0, 0.1) is 0 Å². The molecule has 90 valence electrons. The van der Waals surface area contributed by atoms with E-state index in [4.69, 9.17) is 4.74 Å². The predicted octanol–water partition coefficient (Wildman–Crippen LogP) is 1.52. The van der Waals surface area contributed by atoms with Crippen LogP contribution in [-0.4, -0.2) is 42.9 Å². The quantitative estimate of drug-likeness (QED) is 0.760. The number of nitrogens with zero attached hydrogens (tertiary/aromatic N) is 1. The molecular weight excluding hydrogens is 202 g/mol. The summed E-state index contributed by atoms with van der Waals surface area (Å²) >= 11 is 0. The molecule has 1 atom stereocenters. The number of hydrogen-bond donors (Lipinski definition) is 1. The second kappa shape index (κ2) is 7.39. The fourth-order valence-electron chi connectivity index (χ4n) is 1.69. The summed E-state index contributed by atoms with van der Waals surface area (Å²) in [5.41, 5.74) is 1.27. The van der Waals surface area contributed by atoms with Crippen molar-refractivity contribution in [3.05, 3.63) is 35.9 Å². The van der Waals surface area contributed by atoms with Crippen LogP contribution < -0.4 is 0 Å². The molecule has 0 aliphatic heterocycles. The van der Waals surface area contributed by atoms with Gasteiger partial charge in [0.15, 0.2) is 0 Å². The summed E-state index contributed by atoms with van der Waals surface area (Å²) in [4.78, 5) is 2.21. The number of methoxy groups -OCH3 is 1. The molecule has 3 heteroatoms. The highest BCUT2D eigenvalue weighted by Crippen LogP contribution is 2.04. The van der Waals surface area contributed by atoms with Crippen LogP contribution in [0.4, 0.5) is 0 Å². The lowest BCUT2D eigenvalue weighted by Gasteiger charge is -2.23. The molecule has 1 aromatic carbocycles. The van der Waals surface area contributed by atoms with Crippen LogP contribution in [0.1, 0.15) is 12.5 Å². The first-order valence-electron chi connectivity index (χ1n) is 5.69. The molecule has 1 N–H and O–H groups in total. The fourth-order valence-corrected chi connectivity index (χ4v) is 1.69. The summed E-state index contributed by atoms with van der Waals surface area (Å²) in [6, 6.07) is 10.3. The lowest BCUT2D eigenvalue weighted by molar-refractivity contribution is 0.0371. The second-order valence-electron chi connectivity index (χ2n) is 3.92. The minimum absolute atomic E-state index is 0.394. The van der Waals surface area contributed by atoms with Gasteiger partial charge in [-0.15, -0.1) is 0 Å². The average Bonchev–Trinajstić information content (AvgIpc) is 2.30. The van der Waals surface area contributed by atoms with E-state index < -0.39 is 6.10 Å². The van der Waals surface area contributed by atoms with E-state index in [0.717, 1.165) is 13.1 Å². The van der Waals surface area contributed by atoms with E-state index in [1.165, 1.54) is 5.56 Å². The van der Waals surface area contributed by atoms with Crippen LogP contribution in [0.2, 0.25) is 0 Å². The van der Waals surface area contributed by atoms with Crippen LogP contribution >= 0.6 is 0 Å². The average molecular weight is 223 g/mol. The van der Waals surface area contributed by atoms with Crippen molar-refractivity contribution in [2.45, 2.75) is 19.6 Å². The summed E-state index contributed by atoms with van der Waals surface area (Å²) in [7, 11) is 1.61. The Bertz CT molecular complexity index is 277. The summed E-state index contributed by atoms with van der Waals surface area (Å²) in [5, 5.41) is 9.66. The Kier molecular flexibility index (Phi) is 6.08. The first-order chi connectivity index (χ1) is 7.76. The first kappa shape index (κ1) is 13.2. The molecule has 0 radical (unpaired) electrons. The van der Waals surface area contributed by atoms with E-state index in [1.807, 2.05) is 18.2 Å². The predicted molar refractivity (Wildman–Crippen MR) is 65.3 cm³/mol. The number of aliphatic hydroxyl groups excluding tert-OH is 1. The van der Waals surface area contributed by atoms with Crippen molar-refractivity contribution >= 4 is 0 Å². The number of aliphatic hydroxyl groups is 1. The van der Waals surface area contributed by atoms with Crippen LogP contribution in [0.5, 0.6) is 0 Å². The maximum absolute atomic E-state index is 9.66. The van der Waals surface area contributed by atoms with Gasteiger partial charge in [-0.3, -0.25) is 4.90 Å². The lowest BCUT2D eigenvalue weighted by atomic mass is 10.2. The van der Waals surface area contributed by atoms with Crippen molar-refractivity contribution in [2.75, 3.05) is 26.8 Å². The van der Waals surface area contributed by atoms with Gasteiger partial charge in [0.1, 0.15) is 0 Å². The molecule has 0 heterocycles. The Morgan fingerprint density at radius 1 is 1.31 bits per heavy atom. The molecule has 0 bridgehead atoms. The van der Waals surface area contributed by atoms with E-state index in [9.17, 15) is 5.11 Å². The molecule has 0 spiro atoms. The van der Waals surface area contributed by atoms with Gasteiger partial charge in [0, 0.05) is 20.2 Å². The molecule has 1 aromatic rings. The van der Waals surface area contributed by atoms with Gasteiger partial charge in [-0.1, -0.05) is 37.3 Å². The van der Waals surface area contributed by atoms with Gasteiger partial charge >= 0.3 is 0 Å². The summed E-state index contributed by atoms with van der Waals surface area (Å²) in [5.74, 6) is 0. The highest BCUT2D eigenvalue weighted by atomic mass is 16.5. The van der Waals surface area contributed by atoms with Crippen LogP contribution in [0.15, 0.2) is 30.3 Å². The number of rotatable bonds is 7. The first-order valence-corrected chi connectivity index (χ1v) is 5.69. The molecule has 1 unspecified atom stereocenters. The summed E-state index contributed by atoms with van der Waals surface area (Å²) in [6.45, 7) is 4.95. The molecule has 16 heavy (non-hydrogen) atoms. The van der Waals surface area contributed by atoms with Gasteiger partial charge < -0.3 is 9.84 Å². The van der Waals surface area contributed by atoms with Gasteiger partial charge in [-0.05, 0) is 12.1 Å². The molecule has 1 rings (SSSR count). The van der Waals surface area contributed by atoms with E-state index in [0.29, 0.717) is 13.2 Å². The zero-order valence-corrected chi connectivity index (χ0v) is 10.1. The molecule has 0 aromatic heterocycles. The van der Waals surface area contributed by atoms with E-state index >= 15 is 0 Å². The largest absolute Gasteiger partial charge is 0.389 e. The third-order valence-electron chi connectivity index (χ3n) is 2.52. The van der Waals surface area contributed by atoms with Gasteiger partial charge in [0.25, 0.3) is 0 Å². The van der Waals surface area contributed by atoms with Crippen molar-refractivity contribution in [1.82, 2.24) is 4.90 Å². The Balaban J connectivity index is 2.43. The minimum Gasteiger partial charge on any atom is -0.389 e. The molecular formula is C13H21NO2. The standard InChI is InChI=1S/C13H21NO2/c1-3-14(10-13(15)11-16-2)9-12-7-5-4-6-8-12/h4-8,13,15H,3,9-11H2,1-2H3.